The Kier molecular flexibility index (Phi) is 13.3. The maximum Gasteiger partial charge on any atom is -0.00870 e. The second kappa shape index (κ2) is 13.1. The molecule has 0 amide bonds. The van der Waals surface area contributed by atoms with Crippen molar-refractivity contribution in [2.45, 2.75) is 160 Å². The van der Waals surface area contributed by atoms with Crippen LogP contribution in [-0.2, 0) is 0 Å². The van der Waals surface area contributed by atoms with Crippen LogP contribution >= 0.6 is 10.0 Å². The molecule has 0 aliphatic rings. The summed E-state index contributed by atoms with van der Waals surface area (Å²) in [6, 6.07) is 0. The summed E-state index contributed by atoms with van der Waals surface area (Å²) in [5.41, 5.74) is 1.38. The fourth-order valence-electron chi connectivity index (χ4n) is 7.35. The average molecular weight is 527 g/mol. The first-order valence-corrected chi connectivity index (χ1v) is 18.3. The summed E-state index contributed by atoms with van der Waals surface area (Å²) >= 11 is 0. The average Bonchev–Trinajstić information content (AvgIpc) is 2.69. The van der Waals surface area contributed by atoms with Crippen molar-refractivity contribution < 1.29 is 0 Å². The first-order valence-electron chi connectivity index (χ1n) is 15.6. The summed E-state index contributed by atoms with van der Waals surface area (Å²) in [4.78, 5) is 0. The van der Waals surface area contributed by atoms with Crippen molar-refractivity contribution in [3.63, 3.8) is 0 Å². The van der Waals surface area contributed by atoms with E-state index in [1.54, 1.807) is 0 Å². The maximum atomic E-state index is 2.69. The van der Waals surface area contributed by atoms with Crippen molar-refractivity contribution >= 4 is 10.0 Å². The largest absolute Gasteiger partial charge is 0.241 e. The lowest BCUT2D eigenvalue weighted by atomic mass is 9.50. The van der Waals surface area contributed by atoms with E-state index in [2.05, 4.69) is 123 Å². The second-order valence-electron chi connectivity index (χ2n) is 17.0. The van der Waals surface area contributed by atoms with E-state index in [1.807, 2.05) is 0 Å². The van der Waals surface area contributed by atoms with Crippen LogP contribution < -0.4 is 0 Å². The van der Waals surface area contributed by atoms with Crippen molar-refractivity contribution in [3.8, 4) is 0 Å². The molecule has 0 saturated heterocycles. The third kappa shape index (κ3) is 9.83. The number of hydrogen-bond acceptors (Lipinski definition) is 0. The maximum absolute atomic E-state index is 2.69. The molecule has 220 valence electrons. The van der Waals surface area contributed by atoms with Gasteiger partial charge in [-0.05, 0) is 87.6 Å². The Hall–Kier alpha value is 0.350. The highest BCUT2D eigenvalue weighted by Gasteiger charge is 2.51. The topological polar surface area (TPSA) is 0 Å². The number of rotatable bonds is 16. The van der Waals surface area contributed by atoms with Gasteiger partial charge < -0.3 is 0 Å². The Bertz CT molecular complexity index is 632. The Morgan fingerprint density at radius 1 is 0.694 bits per heavy atom. The summed E-state index contributed by atoms with van der Waals surface area (Å²) in [6.45, 7) is 40.6. The minimum absolute atomic E-state index is 0.317. The molecule has 0 fully saturated rings. The molecule has 0 heterocycles. The fourth-order valence-corrected chi connectivity index (χ4v) is 9.89. The third-order valence-electron chi connectivity index (χ3n) is 11.3. The van der Waals surface area contributed by atoms with Crippen LogP contribution in [0.4, 0.5) is 0 Å². The van der Waals surface area contributed by atoms with Gasteiger partial charge in [-0.3, -0.25) is 0 Å². The van der Waals surface area contributed by atoms with Gasteiger partial charge in [0.1, 0.15) is 0 Å². The summed E-state index contributed by atoms with van der Waals surface area (Å²) in [5, 5.41) is 0. The van der Waals surface area contributed by atoms with Crippen molar-refractivity contribution in [2.75, 3.05) is 18.3 Å². The molecular formula is C35H74S. The molecule has 0 radical (unpaired) electrons. The lowest BCUT2D eigenvalue weighted by Gasteiger charge is -2.58. The first kappa shape index (κ1) is 36.4. The molecule has 0 saturated carbocycles. The van der Waals surface area contributed by atoms with Gasteiger partial charge in [0, 0.05) is 0 Å². The smallest absolute Gasteiger partial charge is 0.00870 e. The van der Waals surface area contributed by atoms with Crippen molar-refractivity contribution in [1.29, 1.82) is 0 Å². The zero-order valence-corrected chi connectivity index (χ0v) is 29.7. The highest BCUT2D eigenvalue weighted by atomic mass is 32.3. The summed E-state index contributed by atoms with van der Waals surface area (Å²) in [7, 11) is -0.726. The molecule has 0 nitrogen and oxygen atoms in total. The van der Waals surface area contributed by atoms with Gasteiger partial charge in [0.25, 0.3) is 0 Å². The first-order chi connectivity index (χ1) is 15.9. The number of hydrogen-bond donors (Lipinski definition) is 0. The van der Waals surface area contributed by atoms with Crippen molar-refractivity contribution in [2.24, 2.45) is 45.3 Å². The van der Waals surface area contributed by atoms with E-state index in [9.17, 15) is 0 Å². The molecule has 0 aromatic rings. The van der Waals surface area contributed by atoms with Crippen molar-refractivity contribution in [1.82, 2.24) is 0 Å². The van der Waals surface area contributed by atoms with E-state index < -0.39 is 10.0 Å². The molecule has 0 spiro atoms. The highest BCUT2D eigenvalue weighted by Crippen LogP contribution is 2.63. The minimum atomic E-state index is -0.726. The fraction of sp³-hybridized carbons (Fsp3) is 1.00. The minimum Gasteiger partial charge on any atom is -0.241 e. The molecule has 0 rings (SSSR count). The zero-order chi connectivity index (χ0) is 29.0. The summed E-state index contributed by atoms with van der Waals surface area (Å²) < 4.78 is 0.384. The summed E-state index contributed by atoms with van der Waals surface area (Å²) in [6.07, 6.45) is 14.5. The molecule has 0 aliphatic heterocycles. The van der Waals surface area contributed by atoms with Crippen LogP contribution in [-0.4, -0.2) is 23.0 Å². The SMILES string of the molecule is CCCC(C)CC(CC(C)(C)CC)(CC(C)(C)C(C)C(C)CC)C(C)C(C)(C)CS(C)(C)C(C)(C)C. The van der Waals surface area contributed by atoms with Crippen LogP contribution in [0.15, 0.2) is 0 Å². The van der Waals surface area contributed by atoms with Gasteiger partial charge >= 0.3 is 0 Å². The monoisotopic (exact) mass is 527 g/mol. The molecule has 0 bridgehead atoms. The van der Waals surface area contributed by atoms with E-state index in [1.165, 1.54) is 50.7 Å². The molecule has 0 N–H and O–H groups in total. The highest BCUT2D eigenvalue weighted by molar-refractivity contribution is 8.33. The van der Waals surface area contributed by atoms with Gasteiger partial charge in [-0.2, -0.15) is 0 Å². The third-order valence-corrected chi connectivity index (χ3v) is 16.1. The van der Waals surface area contributed by atoms with Crippen LogP contribution in [0.3, 0.4) is 0 Å². The van der Waals surface area contributed by atoms with Gasteiger partial charge in [-0.1, -0.05) is 136 Å². The van der Waals surface area contributed by atoms with Gasteiger partial charge in [0.15, 0.2) is 0 Å². The molecule has 0 aromatic heterocycles. The second-order valence-corrected chi connectivity index (χ2v) is 21.6. The molecule has 0 aliphatic carbocycles. The molecule has 1 heteroatoms. The molecular weight excluding hydrogens is 452 g/mol. The Balaban J connectivity index is 6.92. The van der Waals surface area contributed by atoms with Crippen LogP contribution in [0.5, 0.6) is 0 Å². The van der Waals surface area contributed by atoms with E-state index in [-0.39, 0.29) is 0 Å². The van der Waals surface area contributed by atoms with Gasteiger partial charge in [-0.25, -0.2) is 10.0 Å². The lowest BCUT2D eigenvalue weighted by molar-refractivity contribution is -0.0463. The molecule has 5 unspecified atom stereocenters. The normalized spacial score (nSPS) is 19.9. The Labute approximate surface area is 233 Å². The van der Waals surface area contributed by atoms with E-state index >= 15 is 0 Å². The summed E-state index contributed by atoms with van der Waals surface area (Å²) in [5.74, 6) is 4.35. The van der Waals surface area contributed by atoms with Gasteiger partial charge in [0.05, 0.1) is 0 Å². The van der Waals surface area contributed by atoms with Crippen LogP contribution in [0, 0.1) is 45.3 Å². The van der Waals surface area contributed by atoms with Crippen LogP contribution in [0.1, 0.15) is 156 Å². The van der Waals surface area contributed by atoms with Gasteiger partial charge in [0.2, 0.25) is 0 Å². The van der Waals surface area contributed by atoms with E-state index in [0.29, 0.717) is 32.3 Å². The lowest BCUT2D eigenvalue weighted by Crippen LogP contribution is -2.48. The molecule has 0 aromatic carbocycles. The molecule has 5 atom stereocenters. The van der Waals surface area contributed by atoms with Crippen molar-refractivity contribution in [3.05, 3.63) is 0 Å². The Morgan fingerprint density at radius 2 is 1.19 bits per heavy atom. The van der Waals surface area contributed by atoms with Gasteiger partial charge in [-0.15, -0.1) is 0 Å². The van der Waals surface area contributed by atoms with E-state index in [4.69, 9.17) is 0 Å². The van der Waals surface area contributed by atoms with E-state index in [0.717, 1.165) is 17.8 Å². The van der Waals surface area contributed by atoms with Crippen LogP contribution in [0.2, 0.25) is 0 Å². The molecule has 36 heavy (non-hydrogen) atoms. The zero-order valence-electron chi connectivity index (χ0n) is 28.9. The standard InChI is InChI=1S/C35H74S/c1-19-22-27(4)23-35(24-32(11,12)21-3,25-33(13,14)29(6)28(5)20-2)30(7)34(15,16)26-36(17,18)31(8,9)10/h27-30H,19-26H2,1-18H3. The predicted molar refractivity (Wildman–Crippen MR) is 174 cm³/mol. The van der Waals surface area contributed by atoms with Crippen LogP contribution in [0.25, 0.3) is 0 Å². The quantitative estimate of drug-likeness (QED) is 0.187. The predicted octanol–water partition coefficient (Wildman–Crippen LogP) is 12.2. The Morgan fingerprint density at radius 3 is 1.58 bits per heavy atom.